The highest BCUT2D eigenvalue weighted by molar-refractivity contribution is 9.10. The number of amides is 1. The zero-order chi connectivity index (χ0) is 15.4. The molecule has 0 aliphatic carbocycles. The SMILES string of the molecule is Cc1ccc(NC(=O)c2cccc(OC(F)F)c2)c(Br)c1. The van der Waals surface area contributed by atoms with Gasteiger partial charge in [-0.3, -0.25) is 4.79 Å². The molecule has 0 saturated heterocycles. The number of anilines is 1. The number of hydrogen-bond donors (Lipinski definition) is 1. The number of benzene rings is 2. The molecular formula is C15H12BrF2NO2. The van der Waals surface area contributed by atoms with Crippen molar-refractivity contribution < 1.29 is 18.3 Å². The van der Waals surface area contributed by atoms with Crippen molar-refractivity contribution in [1.82, 2.24) is 0 Å². The highest BCUT2D eigenvalue weighted by Gasteiger charge is 2.11. The van der Waals surface area contributed by atoms with E-state index in [1.807, 2.05) is 19.1 Å². The second-order valence-electron chi connectivity index (χ2n) is 4.34. The Morgan fingerprint density at radius 1 is 1.24 bits per heavy atom. The molecule has 0 unspecified atom stereocenters. The van der Waals surface area contributed by atoms with Crippen molar-refractivity contribution in [1.29, 1.82) is 0 Å². The van der Waals surface area contributed by atoms with Crippen molar-refractivity contribution >= 4 is 27.5 Å². The molecule has 2 aromatic carbocycles. The fourth-order valence-electron chi connectivity index (χ4n) is 1.73. The van der Waals surface area contributed by atoms with Gasteiger partial charge in [0.15, 0.2) is 0 Å². The summed E-state index contributed by atoms with van der Waals surface area (Å²) >= 11 is 3.36. The summed E-state index contributed by atoms with van der Waals surface area (Å²) in [7, 11) is 0. The van der Waals surface area contributed by atoms with Crippen molar-refractivity contribution in [2.45, 2.75) is 13.5 Å². The van der Waals surface area contributed by atoms with Gasteiger partial charge in [0.25, 0.3) is 5.91 Å². The first-order chi connectivity index (χ1) is 9.95. The Kier molecular flexibility index (Phi) is 4.90. The van der Waals surface area contributed by atoms with Crippen LogP contribution >= 0.6 is 15.9 Å². The molecule has 110 valence electrons. The Labute approximate surface area is 129 Å². The molecule has 0 spiro atoms. The third-order valence-corrected chi connectivity index (χ3v) is 3.35. The standard InChI is InChI=1S/C15H12BrF2NO2/c1-9-5-6-13(12(16)7-9)19-14(20)10-3-2-4-11(8-10)21-15(17)18/h2-8,15H,1H3,(H,19,20). The number of alkyl halides is 2. The van der Waals surface area contributed by atoms with Crippen molar-refractivity contribution in [2.24, 2.45) is 0 Å². The number of rotatable bonds is 4. The van der Waals surface area contributed by atoms with Crippen LogP contribution in [0.1, 0.15) is 15.9 Å². The number of aryl methyl sites for hydroxylation is 1. The second-order valence-corrected chi connectivity index (χ2v) is 5.20. The molecule has 0 saturated carbocycles. The van der Waals surface area contributed by atoms with Gasteiger partial charge in [0.1, 0.15) is 5.75 Å². The largest absolute Gasteiger partial charge is 0.435 e. The minimum Gasteiger partial charge on any atom is -0.435 e. The van der Waals surface area contributed by atoms with Crippen LogP contribution in [-0.4, -0.2) is 12.5 Å². The van der Waals surface area contributed by atoms with Crippen molar-refractivity contribution in [3.05, 3.63) is 58.1 Å². The first-order valence-electron chi connectivity index (χ1n) is 6.08. The molecule has 0 aliphatic rings. The average molecular weight is 356 g/mol. The maximum absolute atomic E-state index is 12.2. The monoisotopic (exact) mass is 355 g/mol. The summed E-state index contributed by atoms with van der Waals surface area (Å²) in [6.07, 6.45) is 0. The second kappa shape index (κ2) is 6.67. The maximum Gasteiger partial charge on any atom is 0.387 e. The topological polar surface area (TPSA) is 38.3 Å². The van der Waals surface area contributed by atoms with Crippen LogP contribution in [-0.2, 0) is 0 Å². The van der Waals surface area contributed by atoms with Gasteiger partial charge in [0, 0.05) is 10.0 Å². The van der Waals surface area contributed by atoms with Gasteiger partial charge in [-0.15, -0.1) is 0 Å². The van der Waals surface area contributed by atoms with Crippen LogP contribution in [0.5, 0.6) is 5.75 Å². The van der Waals surface area contributed by atoms with E-state index >= 15 is 0 Å². The first-order valence-corrected chi connectivity index (χ1v) is 6.87. The molecule has 1 N–H and O–H groups in total. The lowest BCUT2D eigenvalue weighted by atomic mass is 10.2. The van der Waals surface area contributed by atoms with E-state index in [-0.39, 0.29) is 11.3 Å². The van der Waals surface area contributed by atoms with Crippen LogP contribution in [0.2, 0.25) is 0 Å². The van der Waals surface area contributed by atoms with E-state index in [2.05, 4.69) is 26.0 Å². The summed E-state index contributed by atoms with van der Waals surface area (Å²) in [5.74, 6) is -0.458. The molecule has 21 heavy (non-hydrogen) atoms. The molecule has 0 heterocycles. The molecule has 0 radical (unpaired) electrons. The summed E-state index contributed by atoms with van der Waals surface area (Å²) in [5, 5.41) is 2.71. The average Bonchev–Trinajstić information content (AvgIpc) is 2.41. The van der Waals surface area contributed by atoms with Crippen LogP contribution < -0.4 is 10.1 Å². The van der Waals surface area contributed by atoms with Crippen LogP contribution in [0.25, 0.3) is 0 Å². The lowest BCUT2D eigenvalue weighted by molar-refractivity contribution is -0.0498. The molecular weight excluding hydrogens is 344 g/mol. The van der Waals surface area contributed by atoms with E-state index in [1.165, 1.54) is 24.3 Å². The van der Waals surface area contributed by atoms with Gasteiger partial charge in [0.2, 0.25) is 0 Å². The summed E-state index contributed by atoms with van der Waals surface area (Å²) in [6.45, 7) is -0.990. The molecule has 6 heteroatoms. The lowest BCUT2D eigenvalue weighted by Gasteiger charge is -2.09. The van der Waals surface area contributed by atoms with Crippen LogP contribution in [0.3, 0.4) is 0 Å². The molecule has 0 bridgehead atoms. The molecule has 0 aliphatic heterocycles. The van der Waals surface area contributed by atoms with E-state index < -0.39 is 12.5 Å². The lowest BCUT2D eigenvalue weighted by Crippen LogP contribution is -2.12. The smallest absolute Gasteiger partial charge is 0.387 e. The van der Waals surface area contributed by atoms with E-state index in [4.69, 9.17) is 0 Å². The summed E-state index contributed by atoms with van der Waals surface area (Å²) < 4.78 is 29.3. The summed E-state index contributed by atoms with van der Waals surface area (Å²) in [5.41, 5.74) is 1.89. The molecule has 1 amide bonds. The number of nitrogens with one attached hydrogen (secondary N) is 1. The van der Waals surface area contributed by atoms with Crippen LogP contribution in [0, 0.1) is 6.92 Å². The van der Waals surface area contributed by atoms with Gasteiger partial charge < -0.3 is 10.1 Å². The van der Waals surface area contributed by atoms with Gasteiger partial charge in [-0.2, -0.15) is 8.78 Å². The molecule has 0 aromatic heterocycles. The predicted octanol–water partition coefficient (Wildman–Crippen LogP) is 4.61. The van der Waals surface area contributed by atoms with E-state index in [0.29, 0.717) is 5.69 Å². The minimum absolute atomic E-state index is 0.0550. The predicted molar refractivity (Wildman–Crippen MR) is 79.9 cm³/mol. The van der Waals surface area contributed by atoms with Crippen LogP contribution in [0.4, 0.5) is 14.5 Å². The Hall–Kier alpha value is -1.95. The van der Waals surface area contributed by atoms with Crippen molar-refractivity contribution in [3.63, 3.8) is 0 Å². The van der Waals surface area contributed by atoms with Gasteiger partial charge in [-0.05, 0) is 58.7 Å². The normalized spacial score (nSPS) is 10.5. The zero-order valence-electron chi connectivity index (χ0n) is 11.1. The number of carbonyl (C=O) groups excluding carboxylic acids is 1. The first kappa shape index (κ1) is 15.4. The molecule has 2 aromatic rings. The third-order valence-electron chi connectivity index (χ3n) is 2.69. The highest BCUT2D eigenvalue weighted by Crippen LogP contribution is 2.24. The van der Waals surface area contributed by atoms with Gasteiger partial charge in [-0.25, -0.2) is 0 Å². The molecule has 3 nitrogen and oxygen atoms in total. The van der Waals surface area contributed by atoms with E-state index in [9.17, 15) is 13.6 Å². The van der Waals surface area contributed by atoms with Crippen molar-refractivity contribution in [2.75, 3.05) is 5.32 Å². The number of carbonyl (C=O) groups is 1. The highest BCUT2D eigenvalue weighted by atomic mass is 79.9. The van der Waals surface area contributed by atoms with Gasteiger partial charge in [-0.1, -0.05) is 12.1 Å². The minimum atomic E-state index is -2.92. The number of ether oxygens (including phenoxy) is 1. The van der Waals surface area contributed by atoms with Crippen molar-refractivity contribution in [3.8, 4) is 5.75 Å². The van der Waals surface area contributed by atoms with Gasteiger partial charge >= 0.3 is 6.61 Å². The van der Waals surface area contributed by atoms with E-state index in [1.54, 1.807) is 6.07 Å². The summed E-state index contributed by atoms with van der Waals surface area (Å²) in [4.78, 5) is 12.1. The Morgan fingerprint density at radius 3 is 2.67 bits per heavy atom. The zero-order valence-corrected chi connectivity index (χ0v) is 12.7. The number of halogens is 3. The van der Waals surface area contributed by atoms with Crippen LogP contribution in [0.15, 0.2) is 46.9 Å². The van der Waals surface area contributed by atoms with E-state index in [0.717, 1.165) is 10.0 Å². The van der Waals surface area contributed by atoms with Gasteiger partial charge in [0.05, 0.1) is 5.69 Å². The Morgan fingerprint density at radius 2 is 2.00 bits per heavy atom. The fourth-order valence-corrected chi connectivity index (χ4v) is 2.32. The quantitative estimate of drug-likeness (QED) is 0.869. The maximum atomic E-state index is 12.2. The molecule has 2 rings (SSSR count). The Bertz CT molecular complexity index is 662. The molecule has 0 fully saturated rings. The Balaban J connectivity index is 2.16. The third kappa shape index (κ3) is 4.26. The summed E-state index contributed by atoms with van der Waals surface area (Å²) in [6, 6.07) is 11.1. The fraction of sp³-hybridized carbons (Fsp3) is 0.133. The number of hydrogen-bond acceptors (Lipinski definition) is 2. The molecule has 0 atom stereocenters.